The topological polar surface area (TPSA) is 55.4 Å². The zero-order chi connectivity index (χ0) is 33.1. The van der Waals surface area contributed by atoms with Crippen LogP contribution in [0, 0.1) is 17.8 Å². The monoisotopic (exact) mass is 669 g/mol. The summed E-state index contributed by atoms with van der Waals surface area (Å²) in [4.78, 5) is 0. The van der Waals surface area contributed by atoms with Gasteiger partial charge >= 0.3 is 17.2 Å². The van der Waals surface area contributed by atoms with E-state index in [1.165, 1.54) is 77.0 Å². The van der Waals surface area contributed by atoms with Gasteiger partial charge in [-0.25, -0.2) is 0 Å². The van der Waals surface area contributed by atoms with Crippen LogP contribution >= 0.6 is 17.2 Å². The lowest BCUT2D eigenvalue weighted by atomic mass is 10.0. The third-order valence-corrected chi connectivity index (χ3v) is 10.2. The molecule has 6 nitrogen and oxygen atoms in total. The van der Waals surface area contributed by atoms with Crippen molar-refractivity contribution in [3.63, 3.8) is 0 Å². The van der Waals surface area contributed by atoms with Gasteiger partial charge in [-0.05, 0) is 56.3 Å². The molecule has 0 fully saturated rings. The molecule has 3 unspecified atom stereocenters. The standard InChI is InChI=1S/C24H51O3P.C12H27O3P/c1-7-13-16-22(10-4)19-25-28(26-20-23(11-5)17-14-8-2)27-21-24(12-6)18-15-9-3;1-4-7-10-13-16(14-11-8-5-2)15-12-9-6-3/h22-24H,7-21H2,1-6H3;4-12H2,1-3H3. The van der Waals surface area contributed by atoms with E-state index in [1.807, 2.05) is 0 Å². The highest BCUT2D eigenvalue weighted by Crippen LogP contribution is 2.43. The van der Waals surface area contributed by atoms with E-state index in [4.69, 9.17) is 27.1 Å². The fourth-order valence-electron chi connectivity index (χ4n) is 4.27. The maximum absolute atomic E-state index is 6.21. The van der Waals surface area contributed by atoms with Gasteiger partial charge in [0.25, 0.3) is 0 Å². The van der Waals surface area contributed by atoms with Crippen molar-refractivity contribution in [2.75, 3.05) is 39.6 Å². The van der Waals surface area contributed by atoms with Crippen LogP contribution in [-0.2, 0) is 27.1 Å². The van der Waals surface area contributed by atoms with E-state index in [0.717, 1.165) is 78.2 Å². The van der Waals surface area contributed by atoms with Gasteiger partial charge in [-0.3, -0.25) is 0 Å². The molecule has 0 rings (SSSR count). The Morgan fingerprint density at radius 2 is 0.591 bits per heavy atom. The average Bonchev–Trinajstić information content (AvgIpc) is 3.04. The fraction of sp³-hybridized carbons (Fsp3) is 1.00. The number of unbranched alkanes of at least 4 members (excludes halogenated alkanes) is 6. The number of hydrogen-bond donors (Lipinski definition) is 0. The lowest BCUT2D eigenvalue weighted by molar-refractivity contribution is 0.110. The van der Waals surface area contributed by atoms with Crippen molar-refractivity contribution >= 4 is 17.2 Å². The Morgan fingerprint density at radius 3 is 0.818 bits per heavy atom. The van der Waals surface area contributed by atoms with Gasteiger partial charge in [0, 0.05) is 0 Å². The Bertz CT molecular complexity index is 460. The molecule has 0 saturated heterocycles. The van der Waals surface area contributed by atoms with Crippen molar-refractivity contribution in [3.05, 3.63) is 0 Å². The largest absolute Gasteiger partial charge is 0.332 e. The van der Waals surface area contributed by atoms with E-state index in [0.29, 0.717) is 17.8 Å². The molecular weight excluding hydrogens is 590 g/mol. The van der Waals surface area contributed by atoms with Crippen LogP contribution in [0.2, 0.25) is 0 Å². The highest BCUT2D eigenvalue weighted by molar-refractivity contribution is 7.41. The predicted octanol–water partition coefficient (Wildman–Crippen LogP) is 13.6. The molecular formula is C36H78O6P2. The van der Waals surface area contributed by atoms with E-state index in [1.54, 1.807) is 0 Å². The van der Waals surface area contributed by atoms with E-state index in [-0.39, 0.29) is 0 Å². The Labute approximate surface area is 279 Å². The Hall–Kier alpha value is 0.620. The summed E-state index contributed by atoms with van der Waals surface area (Å²) in [5.74, 6) is 1.88. The molecule has 268 valence electrons. The zero-order valence-electron chi connectivity index (χ0n) is 31.0. The molecule has 8 heteroatoms. The molecule has 0 amide bonds. The molecule has 0 aliphatic rings. The summed E-state index contributed by atoms with van der Waals surface area (Å²) >= 11 is 0. The minimum atomic E-state index is -1.22. The quantitative estimate of drug-likeness (QED) is 0.0512. The van der Waals surface area contributed by atoms with E-state index >= 15 is 0 Å². The lowest BCUT2D eigenvalue weighted by Gasteiger charge is -2.24. The van der Waals surface area contributed by atoms with Crippen LogP contribution < -0.4 is 0 Å². The van der Waals surface area contributed by atoms with Gasteiger partial charge in [-0.15, -0.1) is 0 Å². The van der Waals surface area contributed by atoms with Crippen molar-refractivity contribution in [1.82, 2.24) is 0 Å². The van der Waals surface area contributed by atoms with Crippen LogP contribution in [0.15, 0.2) is 0 Å². The van der Waals surface area contributed by atoms with E-state index in [9.17, 15) is 0 Å². The molecule has 0 saturated carbocycles. The van der Waals surface area contributed by atoms with Crippen molar-refractivity contribution in [2.45, 2.75) is 178 Å². The number of hydrogen-bond acceptors (Lipinski definition) is 6. The summed E-state index contributed by atoms with van der Waals surface area (Å²) in [5.41, 5.74) is 0. The van der Waals surface area contributed by atoms with Crippen molar-refractivity contribution < 1.29 is 27.1 Å². The molecule has 0 aliphatic heterocycles. The predicted molar refractivity (Wildman–Crippen MR) is 194 cm³/mol. The third kappa shape index (κ3) is 31.2. The van der Waals surface area contributed by atoms with Gasteiger partial charge < -0.3 is 27.1 Å². The molecule has 0 aromatic carbocycles. The molecule has 0 heterocycles. The van der Waals surface area contributed by atoms with Crippen LogP contribution in [0.5, 0.6) is 0 Å². The minimum Gasteiger partial charge on any atom is -0.312 e. The first-order chi connectivity index (χ1) is 21.5. The number of rotatable bonds is 33. The zero-order valence-corrected chi connectivity index (χ0v) is 32.8. The van der Waals surface area contributed by atoms with Crippen LogP contribution in [0.3, 0.4) is 0 Å². The average molecular weight is 669 g/mol. The van der Waals surface area contributed by atoms with Gasteiger partial charge in [0.15, 0.2) is 0 Å². The molecule has 0 spiro atoms. The van der Waals surface area contributed by atoms with Gasteiger partial charge in [0.2, 0.25) is 0 Å². The Balaban J connectivity index is 0. The lowest BCUT2D eigenvalue weighted by Crippen LogP contribution is -2.13. The molecule has 0 aromatic rings. The first-order valence-electron chi connectivity index (χ1n) is 18.9. The summed E-state index contributed by atoms with van der Waals surface area (Å²) in [6, 6.07) is 0. The van der Waals surface area contributed by atoms with Crippen LogP contribution in [-0.4, -0.2) is 39.6 Å². The SMILES string of the molecule is CCCCC(CC)COP(OCC(CC)CCCC)OCC(CC)CCCC.CCCCOP(OCCCC)OCCCC. The van der Waals surface area contributed by atoms with E-state index in [2.05, 4.69) is 62.3 Å². The maximum Gasteiger partial charge on any atom is 0.332 e. The Kier molecular flexibility index (Phi) is 40.4. The summed E-state index contributed by atoms with van der Waals surface area (Å²) in [5, 5.41) is 0. The molecule has 0 radical (unpaired) electrons. The minimum absolute atomic E-state index is 0.626. The van der Waals surface area contributed by atoms with Gasteiger partial charge in [0.1, 0.15) is 0 Å². The summed E-state index contributed by atoms with van der Waals surface area (Å²) in [6.07, 6.45) is 21.5. The first-order valence-corrected chi connectivity index (χ1v) is 21.1. The highest BCUT2D eigenvalue weighted by atomic mass is 31.2. The molecule has 0 aromatic heterocycles. The van der Waals surface area contributed by atoms with Crippen LogP contribution in [0.1, 0.15) is 178 Å². The summed E-state index contributed by atoms with van der Waals surface area (Å²) in [7, 11) is -2.32. The Morgan fingerprint density at radius 1 is 0.341 bits per heavy atom. The molecule has 0 N–H and O–H groups in total. The normalized spacial score (nSPS) is 14.3. The van der Waals surface area contributed by atoms with Crippen LogP contribution in [0.4, 0.5) is 0 Å². The van der Waals surface area contributed by atoms with E-state index < -0.39 is 17.2 Å². The second-order valence-corrected chi connectivity index (χ2v) is 14.6. The van der Waals surface area contributed by atoms with Crippen molar-refractivity contribution in [3.8, 4) is 0 Å². The summed E-state index contributed by atoms with van der Waals surface area (Å²) < 4.78 is 35.4. The van der Waals surface area contributed by atoms with Gasteiger partial charge in [-0.2, -0.15) is 0 Å². The second-order valence-electron chi connectivity index (χ2n) is 12.1. The van der Waals surface area contributed by atoms with Crippen LogP contribution in [0.25, 0.3) is 0 Å². The van der Waals surface area contributed by atoms with Crippen molar-refractivity contribution in [1.29, 1.82) is 0 Å². The highest BCUT2D eigenvalue weighted by Gasteiger charge is 2.20. The fourth-order valence-corrected chi connectivity index (χ4v) is 6.55. The maximum atomic E-state index is 6.21. The smallest absolute Gasteiger partial charge is 0.312 e. The molecule has 44 heavy (non-hydrogen) atoms. The molecule has 0 bridgehead atoms. The molecule has 3 atom stereocenters. The van der Waals surface area contributed by atoms with Gasteiger partial charge in [-0.1, -0.05) is 139 Å². The first kappa shape index (κ1) is 46.7. The third-order valence-electron chi connectivity index (χ3n) is 7.96. The van der Waals surface area contributed by atoms with Gasteiger partial charge in [0.05, 0.1) is 39.6 Å². The van der Waals surface area contributed by atoms with Crippen molar-refractivity contribution in [2.24, 2.45) is 17.8 Å². The summed E-state index contributed by atoms with van der Waals surface area (Å²) in [6.45, 7) is 24.6. The molecule has 0 aliphatic carbocycles. The second kappa shape index (κ2) is 38.1.